The first-order valence-electron chi connectivity index (χ1n) is 7.23. The summed E-state index contributed by atoms with van der Waals surface area (Å²) in [5.74, 6) is 0.855. The maximum absolute atomic E-state index is 9.12. The van der Waals surface area contributed by atoms with Crippen LogP contribution < -0.4 is 10.2 Å². The zero-order valence-corrected chi connectivity index (χ0v) is 13.6. The summed E-state index contributed by atoms with van der Waals surface area (Å²) < 4.78 is 0.937. The molecule has 0 radical (unpaired) electrons. The molecule has 0 bridgehead atoms. The Labute approximate surface area is 138 Å². The SMILES string of the molecule is N#Cc1cc(Br)cc(N2CCCC(Nc3ccncn3)C2)c1. The number of nitrogens with zero attached hydrogens (tertiary/aromatic N) is 4. The number of nitriles is 1. The van der Waals surface area contributed by atoms with Crippen LogP contribution in [0.4, 0.5) is 11.5 Å². The Hall–Kier alpha value is -2.13. The number of halogens is 1. The van der Waals surface area contributed by atoms with Crippen molar-refractivity contribution < 1.29 is 0 Å². The van der Waals surface area contributed by atoms with Crippen LogP contribution in [0.1, 0.15) is 18.4 Å². The van der Waals surface area contributed by atoms with Crippen molar-refractivity contribution in [3.8, 4) is 6.07 Å². The predicted octanol–water partition coefficient (Wildman–Crippen LogP) is 3.19. The van der Waals surface area contributed by atoms with Gasteiger partial charge in [0.25, 0.3) is 0 Å². The lowest BCUT2D eigenvalue weighted by Gasteiger charge is -2.35. The fourth-order valence-corrected chi connectivity index (χ4v) is 3.22. The molecule has 1 fully saturated rings. The second-order valence-corrected chi connectivity index (χ2v) is 6.25. The van der Waals surface area contributed by atoms with E-state index in [1.54, 1.807) is 12.5 Å². The third-order valence-electron chi connectivity index (χ3n) is 3.73. The molecular weight excluding hydrogens is 342 g/mol. The molecule has 1 N–H and O–H groups in total. The van der Waals surface area contributed by atoms with Gasteiger partial charge in [-0.15, -0.1) is 0 Å². The van der Waals surface area contributed by atoms with E-state index >= 15 is 0 Å². The number of nitrogens with one attached hydrogen (secondary N) is 1. The summed E-state index contributed by atoms with van der Waals surface area (Å²) in [5, 5.41) is 12.6. The molecular formula is C16H16BrN5. The molecule has 112 valence electrons. The van der Waals surface area contributed by atoms with E-state index in [9.17, 15) is 0 Å². The van der Waals surface area contributed by atoms with Crippen molar-refractivity contribution in [2.75, 3.05) is 23.3 Å². The van der Waals surface area contributed by atoms with Gasteiger partial charge in [0.05, 0.1) is 11.6 Å². The van der Waals surface area contributed by atoms with Gasteiger partial charge in [-0.25, -0.2) is 9.97 Å². The van der Waals surface area contributed by atoms with Crippen LogP contribution in [0.5, 0.6) is 0 Å². The lowest BCUT2D eigenvalue weighted by atomic mass is 10.0. The first kappa shape index (κ1) is 14.8. The number of benzene rings is 1. The van der Waals surface area contributed by atoms with E-state index in [2.05, 4.69) is 48.3 Å². The van der Waals surface area contributed by atoms with Gasteiger partial charge >= 0.3 is 0 Å². The molecule has 1 aliphatic rings. The van der Waals surface area contributed by atoms with Crippen LogP contribution >= 0.6 is 15.9 Å². The normalized spacial score (nSPS) is 17.8. The smallest absolute Gasteiger partial charge is 0.129 e. The second kappa shape index (κ2) is 6.75. The highest BCUT2D eigenvalue weighted by Gasteiger charge is 2.21. The quantitative estimate of drug-likeness (QED) is 0.913. The Balaban J connectivity index is 1.73. The minimum atomic E-state index is 0.341. The van der Waals surface area contributed by atoms with Gasteiger partial charge in [-0.3, -0.25) is 0 Å². The minimum absolute atomic E-state index is 0.341. The standard InChI is InChI=1S/C16H16BrN5/c17-13-6-12(9-18)7-15(8-13)22-5-1-2-14(10-22)21-16-3-4-19-11-20-16/h3-4,6-8,11,14H,1-2,5,10H2,(H,19,20,21). The number of hydrogen-bond acceptors (Lipinski definition) is 5. The first-order chi connectivity index (χ1) is 10.7. The van der Waals surface area contributed by atoms with E-state index in [1.807, 2.05) is 18.2 Å². The van der Waals surface area contributed by atoms with Crippen LogP contribution in [0.25, 0.3) is 0 Å². The van der Waals surface area contributed by atoms with E-state index in [4.69, 9.17) is 5.26 Å². The topological polar surface area (TPSA) is 64.8 Å². The molecule has 1 aliphatic heterocycles. The Kier molecular flexibility index (Phi) is 4.54. The van der Waals surface area contributed by atoms with Gasteiger partial charge in [0, 0.05) is 35.5 Å². The summed E-state index contributed by atoms with van der Waals surface area (Å²) in [6.45, 7) is 1.90. The highest BCUT2D eigenvalue weighted by atomic mass is 79.9. The average molecular weight is 358 g/mol. The largest absolute Gasteiger partial charge is 0.369 e. The van der Waals surface area contributed by atoms with Gasteiger partial charge in [-0.1, -0.05) is 15.9 Å². The molecule has 0 amide bonds. The molecule has 6 heteroatoms. The van der Waals surface area contributed by atoms with Crippen molar-refractivity contribution in [2.24, 2.45) is 0 Å². The van der Waals surface area contributed by atoms with Gasteiger partial charge in [0.1, 0.15) is 12.1 Å². The van der Waals surface area contributed by atoms with Crippen LogP contribution in [-0.4, -0.2) is 29.1 Å². The summed E-state index contributed by atoms with van der Waals surface area (Å²) in [6.07, 6.45) is 5.51. The van der Waals surface area contributed by atoms with Crippen LogP contribution in [0.2, 0.25) is 0 Å². The van der Waals surface area contributed by atoms with E-state index in [0.29, 0.717) is 11.6 Å². The maximum Gasteiger partial charge on any atom is 0.129 e. The highest BCUT2D eigenvalue weighted by Crippen LogP contribution is 2.26. The fraction of sp³-hybridized carbons (Fsp3) is 0.312. The lowest BCUT2D eigenvalue weighted by Crippen LogP contribution is -2.42. The number of rotatable bonds is 3. The Bertz CT molecular complexity index is 683. The molecule has 1 aromatic carbocycles. The van der Waals surface area contributed by atoms with E-state index in [0.717, 1.165) is 41.9 Å². The molecule has 3 rings (SSSR count). The highest BCUT2D eigenvalue weighted by molar-refractivity contribution is 9.10. The van der Waals surface area contributed by atoms with E-state index in [1.165, 1.54) is 0 Å². The summed E-state index contributed by atoms with van der Waals surface area (Å²) in [4.78, 5) is 10.5. The molecule has 1 atom stereocenters. The molecule has 2 heterocycles. The molecule has 2 aromatic rings. The van der Waals surface area contributed by atoms with Crippen LogP contribution in [0.15, 0.2) is 41.3 Å². The third-order valence-corrected chi connectivity index (χ3v) is 4.19. The zero-order valence-electron chi connectivity index (χ0n) is 12.0. The molecule has 0 aliphatic carbocycles. The maximum atomic E-state index is 9.12. The van der Waals surface area contributed by atoms with Crippen molar-refractivity contribution in [1.29, 1.82) is 5.26 Å². The predicted molar refractivity (Wildman–Crippen MR) is 89.7 cm³/mol. The van der Waals surface area contributed by atoms with Gasteiger partial charge in [-0.05, 0) is 37.1 Å². The lowest BCUT2D eigenvalue weighted by molar-refractivity contribution is 0.529. The van der Waals surface area contributed by atoms with Gasteiger partial charge < -0.3 is 10.2 Å². The van der Waals surface area contributed by atoms with Crippen molar-refractivity contribution >= 4 is 27.4 Å². The average Bonchev–Trinajstić information content (AvgIpc) is 2.55. The molecule has 1 unspecified atom stereocenters. The fourth-order valence-electron chi connectivity index (χ4n) is 2.74. The second-order valence-electron chi connectivity index (χ2n) is 5.33. The summed E-state index contributed by atoms with van der Waals surface area (Å²) in [6, 6.07) is 10.3. The van der Waals surface area contributed by atoms with Gasteiger partial charge in [0.2, 0.25) is 0 Å². The number of hydrogen-bond donors (Lipinski definition) is 1. The molecule has 1 aromatic heterocycles. The van der Waals surface area contributed by atoms with Crippen molar-refractivity contribution in [2.45, 2.75) is 18.9 Å². The molecule has 5 nitrogen and oxygen atoms in total. The Morgan fingerprint density at radius 3 is 3.05 bits per heavy atom. The van der Waals surface area contributed by atoms with Crippen molar-refractivity contribution in [1.82, 2.24) is 9.97 Å². The van der Waals surface area contributed by atoms with Crippen LogP contribution in [-0.2, 0) is 0 Å². The number of piperidine rings is 1. The minimum Gasteiger partial charge on any atom is -0.369 e. The number of aromatic nitrogens is 2. The third kappa shape index (κ3) is 3.55. The summed E-state index contributed by atoms with van der Waals surface area (Å²) >= 11 is 3.48. The molecule has 0 spiro atoms. The molecule has 1 saturated heterocycles. The van der Waals surface area contributed by atoms with Gasteiger partial charge in [-0.2, -0.15) is 5.26 Å². The van der Waals surface area contributed by atoms with E-state index in [-0.39, 0.29) is 0 Å². The van der Waals surface area contributed by atoms with Crippen molar-refractivity contribution in [3.05, 3.63) is 46.8 Å². The zero-order chi connectivity index (χ0) is 15.4. The van der Waals surface area contributed by atoms with E-state index < -0.39 is 0 Å². The van der Waals surface area contributed by atoms with Crippen molar-refractivity contribution in [3.63, 3.8) is 0 Å². The Morgan fingerprint density at radius 2 is 2.27 bits per heavy atom. The first-order valence-corrected chi connectivity index (χ1v) is 8.02. The molecule has 0 saturated carbocycles. The number of anilines is 2. The molecule has 22 heavy (non-hydrogen) atoms. The van der Waals surface area contributed by atoms with Crippen LogP contribution in [0, 0.1) is 11.3 Å². The summed E-state index contributed by atoms with van der Waals surface area (Å²) in [7, 11) is 0. The summed E-state index contributed by atoms with van der Waals surface area (Å²) in [5.41, 5.74) is 1.76. The van der Waals surface area contributed by atoms with Crippen LogP contribution in [0.3, 0.4) is 0 Å². The Morgan fingerprint density at radius 1 is 1.36 bits per heavy atom. The monoisotopic (exact) mass is 357 g/mol. The van der Waals surface area contributed by atoms with Gasteiger partial charge in [0.15, 0.2) is 0 Å².